The molecule has 0 aromatic heterocycles. The Bertz CT molecular complexity index is 1060. The molecule has 7 heteroatoms. The van der Waals surface area contributed by atoms with Gasteiger partial charge in [-0.3, -0.25) is 14.4 Å². The molecule has 3 amide bonds. The SMILES string of the molecule is Cc1ccccc1N1C(=O)c2ccc(C(=O)O[C@H](C)C(=O)N3CCCC3)cc2C1=O. The number of rotatable bonds is 4. The van der Waals surface area contributed by atoms with Crippen LogP contribution in [0.25, 0.3) is 0 Å². The number of hydrogen-bond acceptors (Lipinski definition) is 5. The number of para-hydroxylation sites is 1. The minimum absolute atomic E-state index is 0.127. The van der Waals surface area contributed by atoms with Crippen LogP contribution in [0.2, 0.25) is 0 Å². The van der Waals surface area contributed by atoms with E-state index in [1.807, 2.05) is 19.1 Å². The van der Waals surface area contributed by atoms with Crippen molar-refractivity contribution in [2.24, 2.45) is 0 Å². The van der Waals surface area contributed by atoms with Gasteiger partial charge >= 0.3 is 5.97 Å². The summed E-state index contributed by atoms with van der Waals surface area (Å²) >= 11 is 0. The summed E-state index contributed by atoms with van der Waals surface area (Å²) in [5.74, 6) is -1.84. The van der Waals surface area contributed by atoms with Gasteiger partial charge in [-0.15, -0.1) is 0 Å². The number of hydrogen-bond donors (Lipinski definition) is 0. The zero-order chi connectivity index (χ0) is 21.4. The van der Waals surface area contributed by atoms with Crippen LogP contribution in [0.3, 0.4) is 0 Å². The molecule has 2 aromatic carbocycles. The molecule has 0 spiro atoms. The highest BCUT2D eigenvalue weighted by Crippen LogP contribution is 2.31. The van der Waals surface area contributed by atoms with Gasteiger partial charge in [-0.05, 0) is 56.5 Å². The van der Waals surface area contributed by atoms with Crippen LogP contribution >= 0.6 is 0 Å². The minimum Gasteiger partial charge on any atom is -0.449 e. The lowest BCUT2D eigenvalue weighted by Gasteiger charge is -2.20. The molecule has 0 N–H and O–H groups in total. The van der Waals surface area contributed by atoms with Crippen LogP contribution in [-0.4, -0.2) is 47.8 Å². The average Bonchev–Trinajstić information content (AvgIpc) is 3.36. The molecule has 2 aliphatic heterocycles. The number of likely N-dealkylation sites (tertiary alicyclic amines) is 1. The third-order valence-electron chi connectivity index (χ3n) is 5.53. The van der Waals surface area contributed by atoms with E-state index in [-0.39, 0.29) is 22.6 Å². The van der Waals surface area contributed by atoms with Gasteiger partial charge in [0.2, 0.25) is 0 Å². The normalized spacial score (nSPS) is 16.6. The maximum absolute atomic E-state index is 12.9. The summed E-state index contributed by atoms with van der Waals surface area (Å²) in [6.07, 6.45) is 0.986. The molecule has 0 unspecified atom stereocenters. The van der Waals surface area contributed by atoms with E-state index in [1.54, 1.807) is 24.0 Å². The first-order valence-electron chi connectivity index (χ1n) is 9.96. The highest BCUT2D eigenvalue weighted by Gasteiger charge is 2.38. The van der Waals surface area contributed by atoms with Crippen molar-refractivity contribution in [1.82, 2.24) is 4.90 Å². The quantitative estimate of drug-likeness (QED) is 0.576. The number of fused-ring (bicyclic) bond motifs is 1. The molecule has 30 heavy (non-hydrogen) atoms. The van der Waals surface area contributed by atoms with Crippen molar-refractivity contribution in [1.29, 1.82) is 0 Å². The van der Waals surface area contributed by atoms with Gasteiger partial charge in [0, 0.05) is 13.1 Å². The Morgan fingerprint density at radius 2 is 1.63 bits per heavy atom. The lowest BCUT2D eigenvalue weighted by molar-refractivity contribution is -0.138. The van der Waals surface area contributed by atoms with Gasteiger partial charge in [-0.1, -0.05) is 18.2 Å². The van der Waals surface area contributed by atoms with E-state index in [9.17, 15) is 19.2 Å². The zero-order valence-corrected chi connectivity index (χ0v) is 16.9. The fourth-order valence-corrected chi connectivity index (χ4v) is 3.87. The monoisotopic (exact) mass is 406 g/mol. The molecule has 1 atom stereocenters. The molecule has 2 aliphatic rings. The molecular formula is C23H22N2O5. The van der Waals surface area contributed by atoms with Crippen molar-refractivity contribution in [2.45, 2.75) is 32.8 Å². The smallest absolute Gasteiger partial charge is 0.338 e. The van der Waals surface area contributed by atoms with Gasteiger partial charge in [0.1, 0.15) is 0 Å². The highest BCUT2D eigenvalue weighted by molar-refractivity contribution is 6.34. The van der Waals surface area contributed by atoms with E-state index < -0.39 is 23.9 Å². The number of benzene rings is 2. The predicted molar refractivity (Wildman–Crippen MR) is 109 cm³/mol. The fraction of sp³-hybridized carbons (Fsp3) is 0.304. The summed E-state index contributed by atoms with van der Waals surface area (Å²) < 4.78 is 5.32. The summed E-state index contributed by atoms with van der Waals surface area (Å²) in [4.78, 5) is 53.5. The van der Waals surface area contributed by atoms with E-state index in [1.165, 1.54) is 18.2 Å². The van der Waals surface area contributed by atoms with Crippen LogP contribution in [0.15, 0.2) is 42.5 Å². The summed E-state index contributed by atoms with van der Waals surface area (Å²) in [6.45, 7) is 4.71. The van der Waals surface area contributed by atoms with E-state index in [0.717, 1.165) is 23.3 Å². The second-order valence-corrected chi connectivity index (χ2v) is 7.57. The standard InChI is InChI=1S/C23H22N2O5/c1-14-7-3-4-8-19(14)25-21(27)17-10-9-16(13-18(17)22(25)28)23(29)30-15(2)20(26)24-11-5-6-12-24/h3-4,7-10,13,15H,5-6,11-12H2,1-2H3/t15-/m1/s1. The number of anilines is 1. The van der Waals surface area contributed by atoms with E-state index in [0.29, 0.717) is 18.8 Å². The van der Waals surface area contributed by atoms with E-state index in [4.69, 9.17) is 4.74 Å². The summed E-state index contributed by atoms with van der Waals surface area (Å²) in [7, 11) is 0. The number of amides is 3. The first-order chi connectivity index (χ1) is 14.4. The topological polar surface area (TPSA) is 84.0 Å². The van der Waals surface area contributed by atoms with E-state index >= 15 is 0 Å². The molecular weight excluding hydrogens is 384 g/mol. The molecule has 4 rings (SSSR count). The van der Waals surface area contributed by atoms with Gasteiger partial charge in [-0.25, -0.2) is 9.69 Å². The number of carbonyl (C=O) groups excluding carboxylic acids is 4. The number of esters is 1. The summed E-state index contributed by atoms with van der Waals surface area (Å²) in [5, 5.41) is 0. The maximum Gasteiger partial charge on any atom is 0.338 e. The van der Waals surface area contributed by atoms with Crippen molar-refractivity contribution >= 4 is 29.4 Å². The second-order valence-electron chi connectivity index (χ2n) is 7.57. The van der Waals surface area contributed by atoms with Crippen LogP contribution in [0.5, 0.6) is 0 Å². The molecule has 1 saturated heterocycles. The van der Waals surface area contributed by atoms with Gasteiger partial charge in [-0.2, -0.15) is 0 Å². The fourth-order valence-electron chi connectivity index (χ4n) is 3.87. The molecule has 0 radical (unpaired) electrons. The number of imide groups is 1. The Morgan fingerprint density at radius 3 is 2.33 bits per heavy atom. The van der Waals surface area contributed by atoms with Crippen LogP contribution in [0.4, 0.5) is 5.69 Å². The molecule has 0 saturated carbocycles. The predicted octanol–water partition coefficient (Wildman–Crippen LogP) is 2.96. The van der Waals surface area contributed by atoms with E-state index in [2.05, 4.69) is 0 Å². The Kier molecular flexibility index (Phi) is 5.11. The molecule has 2 heterocycles. The maximum atomic E-state index is 12.9. The largest absolute Gasteiger partial charge is 0.449 e. The van der Waals surface area contributed by atoms with Crippen molar-refractivity contribution in [2.75, 3.05) is 18.0 Å². The van der Waals surface area contributed by atoms with Crippen LogP contribution < -0.4 is 4.90 Å². The van der Waals surface area contributed by atoms with Gasteiger partial charge in [0.25, 0.3) is 17.7 Å². The Balaban J connectivity index is 1.55. The number of nitrogens with zero attached hydrogens (tertiary/aromatic N) is 2. The van der Waals surface area contributed by atoms with Crippen LogP contribution in [0, 0.1) is 6.92 Å². The van der Waals surface area contributed by atoms with Gasteiger partial charge in [0.05, 0.1) is 22.4 Å². The van der Waals surface area contributed by atoms with Crippen molar-refractivity contribution < 1.29 is 23.9 Å². The van der Waals surface area contributed by atoms with Gasteiger partial charge < -0.3 is 9.64 Å². The Labute approximate surface area is 174 Å². The van der Waals surface area contributed by atoms with Gasteiger partial charge in [0.15, 0.2) is 6.10 Å². The minimum atomic E-state index is -0.912. The molecule has 2 aromatic rings. The number of carbonyl (C=O) groups is 4. The zero-order valence-electron chi connectivity index (χ0n) is 16.9. The average molecular weight is 406 g/mol. The van der Waals surface area contributed by atoms with Crippen molar-refractivity contribution in [3.05, 3.63) is 64.7 Å². The van der Waals surface area contributed by atoms with Crippen LogP contribution in [0.1, 0.15) is 56.4 Å². The first-order valence-corrected chi connectivity index (χ1v) is 9.96. The lowest BCUT2D eigenvalue weighted by atomic mass is 10.1. The third kappa shape index (κ3) is 3.36. The Morgan fingerprint density at radius 1 is 0.967 bits per heavy atom. The summed E-state index contributed by atoms with van der Waals surface area (Å²) in [5.41, 5.74) is 1.82. The third-order valence-corrected chi connectivity index (χ3v) is 5.53. The number of aryl methyl sites for hydroxylation is 1. The molecule has 1 fully saturated rings. The second kappa shape index (κ2) is 7.74. The Hall–Kier alpha value is -3.48. The molecule has 0 bridgehead atoms. The molecule has 0 aliphatic carbocycles. The first kappa shape index (κ1) is 19.8. The van der Waals surface area contributed by atoms with Crippen molar-refractivity contribution in [3.8, 4) is 0 Å². The summed E-state index contributed by atoms with van der Waals surface area (Å²) in [6, 6.07) is 11.4. The van der Waals surface area contributed by atoms with Crippen molar-refractivity contribution in [3.63, 3.8) is 0 Å². The molecule has 7 nitrogen and oxygen atoms in total. The highest BCUT2D eigenvalue weighted by atomic mass is 16.5. The van der Waals surface area contributed by atoms with Crippen LogP contribution in [-0.2, 0) is 9.53 Å². The lowest BCUT2D eigenvalue weighted by Crippen LogP contribution is -2.38. The molecule has 154 valence electrons. The number of ether oxygens (including phenoxy) is 1.